The Morgan fingerprint density at radius 2 is 1.80 bits per heavy atom. The van der Waals surface area contributed by atoms with Crippen LogP contribution in [0.3, 0.4) is 0 Å². The van der Waals surface area contributed by atoms with E-state index in [4.69, 9.17) is 4.74 Å². The van der Waals surface area contributed by atoms with E-state index in [9.17, 15) is 27.6 Å². The summed E-state index contributed by atoms with van der Waals surface area (Å²) in [6, 6.07) is 10.5. The summed E-state index contributed by atoms with van der Waals surface area (Å²) in [5, 5.41) is 2.69. The number of halogens is 3. The van der Waals surface area contributed by atoms with Crippen molar-refractivity contribution in [2.75, 3.05) is 5.32 Å². The molecule has 7 nitrogen and oxygen atoms in total. The number of aromatic nitrogens is 2. The van der Waals surface area contributed by atoms with Crippen molar-refractivity contribution >= 4 is 28.5 Å². The molecule has 1 heterocycles. The molecular weight excluding hydrogens is 403 g/mol. The summed E-state index contributed by atoms with van der Waals surface area (Å²) in [5.74, 6) is -1.57. The maximum Gasteiger partial charge on any atom is 0.416 e. The summed E-state index contributed by atoms with van der Waals surface area (Å²) < 4.78 is 43.8. The van der Waals surface area contributed by atoms with Gasteiger partial charge in [-0.3, -0.25) is 19.0 Å². The van der Waals surface area contributed by atoms with Crippen molar-refractivity contribution in [2.45, 2.75) is 25.7 Å². The van der Waals surface area contributed by atoms with Gasteiger partial charge in [-0.2, -0.15) is 13.2 Å². The fourth-order valence-corrected chi connectivity index (χ4v) is 2.63. The lowest BCUT2D eigenvalue weighted by atomic mass is 10.2. The fourth-order valence-electron chi connectivity index (χ4n) is 2.63. The van der Waals surface area contributed by atoms with Gasteiger partial charge in [0.15, 0.2) is 6.10 Å². The van der Waals surface area contributed by atoms with Gasteiger partial charge in [0, 0.05) is 5.69 Å². The maximum absolute atomic E-state index is 12.6. The first-order chi connectivity index (χ1) is 14.1. The van der Waals surface area contributed by atoms with Gasteiger partial charge in [0.05, 0.1) is 22.8 Å². The molecule has 0 aliphatic rings. The van der Waals surface area contributed by atoms with Crippen LogP contribution in [0.25, 0.3) is 10.9 Å². The lowest BCUT2D eigenvalue weighted by Gasteiger charge is -2.14. The SMILES string of the molecule is CC(OC(=O)Cn1cnc2ccccc2c1=O)C(=O)Nc1ccc(C(F)(F)F)cc1. The Labute approximate surface area is 168 Å². The molecule has 1 atom stereocenters. The molecule has 3 rings (SSSR count). The highest BCUT2D eigenvalue weighted by Crippen LogP contribution is 2.29. The summed E-state index contributed by atoms with van der Waals surface area (Å²) in [6.07, 6.45) is -4.51. The number of rotatable bonds is 5. The van der Waals surface area contributed by atoms with Crippen LogP contribution >= 0.6 is 0 Å². The zero-order valence-corrected chi connectivity index (χ0v) is 15.6. The van der Waals surface area contributed by atoms with Crippen molar-refractivity contribution in [1.82, 2.24) is 9.55 Å². The molecule has 1 amide bonds. The van der Waals surface area contributed by atoms with Gasteiger partial charge in [0.2, 0.25) is 0 Å². The minimum atomic E-state index is -4.49. The van der Waals surface area contributed by atoms with Crippen LogP contribution in [-0.4, -0.2) is 27.5 Å². The number of carbonyl (C=O) groups is 2. The van der Waals surface area contributed by atoms with Crippen LogP contribution in [-0.2, 0) is 27.0 Å². The van der Waals surface area contributed by atoms with Gasteiger partial charge < -0.3 is 10.1 Å². The number of alkyl halides is 3. The van der Waals surface area contributed by atoms with Crippen LogP contribution in [0.15, 0.2) is 59.7 Å². The Bertz CT molecular complexity index is 1140. The second-order valence-corrected chi connectivity index (χ2v) is 6.39. The lowest BCUT2D eigenvalue weighted by Crippen LogP contribution is -2.33. The summed E-state index contributed by atoms with van der Waals surface area (Å²) in [5.41, 5.74) is -0.684. The molecule has 10 heteroatoms. The van der Waals surface area contributed by atoms with Crippen LogP contribution in [0.5, 0.6) is 0 Å². The maximum atomic E-state index is 12.6. The second kappa shape index (κ2) is 8.36. The molecule has 0 aliphatic heterocycles. The Hall–Kier alpha value is -3.69. The number of hydrogen-bond acceptors (Lipinski definition) is 5. The summed E-state index contributed by atoms with van der Waals surface area (Å²) in [4.78, 5) is 40.7. The summed E-state index contributed by atoms with van der Waals surface area (Å²) in [7, 11) is 0. The van der Waals surface area contributed by atoms with E-state index in [-0.39, 0.29) is 5.69 Å². The molecule has 156 valence electrons. The normalized spacial score (nSPS) is 12.4. The fraction of sp³-hybridized carbons (Fsp3) is 0.200. The zero-order valence-electron chi connectivity index (χ0n) is 15.6. The van der Waals surface area contributed by atoms with Crippen LogP contribution in [0, 0.1) is 0 Å². The van der Waals surface area contributed by atoms with Gasteiger partial charge in [-0.15, -0.1) is 0 Å². The standard InChI is InChI=1S/C20H16F3N3O4/c1-12(18(28)25-14-8-6-13(7-9-14)20(21,22)23)30-17(27)10-26-11-24-16-5-3-2-4-15(16)19(26)29/h2-9,11-12H,10H2,1H3,(H,25,28). The molecule has 0 bridgehead atoms. The summed E-state index contributed by atoms with van der Waals surface area (Å²) in [6.45, 7) is 0.854. The molecule has 1 aromatic heterocycles. The molecule has 2 aromatic carbocycles. The smallest absolute Gasteiger partial charge is 0.416 e. The van der Waals surface area contributed by atoms with Crippen LogP contribution in [0.4, 0.5) is 18.9 Å². The Balaban J connectivity index is 1.61. The second-order valence-electron chi connectivity index (χ2n) is 6.39. The number of nitrogens with zero attached hydrogens (tertiary/aromatic N) is 2. The number of amides is 1. The first-order valence-electron chi connectivity index (χ1n) is 8.77. The third-order valence-electron chi connectivity index (χ3n) is 4.19. The molecule has 0 spiro atoms. The third kappa shape index (κ3) is 4.83. The quantitative estimate of drug-likeness (QED) is 0.642. The average Bonchev–Trinajstić information content (AvgIpc) is 2.70. The van der Waals surface area contributed by atoms with E-state index in [1.807, 2.05) is 0 Å². The van der Waals surface area contributed by atoms with Gasteiger partial charge in [-0.05, 0) is 43.3 Å². The highest BCUT2D eigenvalue weighted by atomic mass is 19.4. The Kier molecular flexibility index (Phi) is 5.86. The predicted octanol–water partition coefficient (Wildman–Crippen LogP) is 2.99. The van der Waals surface area contributed by atoms with Gasteiger partial charge in [-0.25, -0.2) is 4.98 Å². The number of nitrogens with one attached hydrogen (secondary N) is 1. The Morgan fingerprint density at radius 3 is 2.47 bits per heavy atom. The number of hydrogen-bond donors (Lipinski definition) is 1. The van der Waals surface area contributed by atoms with Crippen molar-refractivity contribution in [3.63, 3.8) is 0 Å². The molecule has 0 radical (unpaired) electrons. The number of benzene rings is 2. The van der Waals surface area contributed by atoms with Crippen molar-refractivity contribution in [3.8, 4) is 0 Å². The van der Waals surface area contributed by atoms with Crippen molar-refractivity contribution in [2.24, 2.45) is 0 Å². The van der Waals surface area contributed by atoms with Gasteiger partial charge in [0.25, 0.3) is 11.5 Å². The third-order valence-corrected chi connectivity index (χ3v) is 4.19. The van der Waals surface area contributed by atoms with E-state index in [0.717, 1.165) is 28.8 Å². The topological polar surface area (TPSA) is 90.3 Å². The van der Waals surface area contributed by atoms with E-state index in [1.165, 1.54) is 13.3 Å². The van der Waals surface area contributed by atoms with Crippen LogP contribution in [0.2, 0.25) is 0 Å². The number of para-hydroxylation sites is 1. The van der Waals surface area contributed by atoms with E-state index in [0.29, 0.717) is 10.9 Å². The van der Waals surface area contributed by atoms with E-state index < -0.39 is 41.8 Å². The number of ether oxygens (including phenoxy) is 1. The first kappa shape index (κ1) is 21.0. The molecule has 0 aliphatic carbocycles. The first-order valence-corrected chi connectivity index (χ1v) is 8.77. The number of esters is 1. The highest BCUT2D eigenvalue weighted by Gasteiger charge is 2.30. The van der Waals surface area contributed by atoms with Gasteiger partial charge in [-0.1, -0.05) is 12.1 Å². The number of fused-ring (bicyclic) bond motifs is 1. The average molecular weight is 419 g/mol. The van der Waals surface area contributed by atoms with Crippen molar-refractivity contribution in [1.29, 1.82) is 0 Å². The minimum absolute atomic E-state index is 0.117. The molecule has 0 saturated carbocycles. The molecule has 1 N–H and O–H groups in total. The molecule has 3 aromatic rings. The number of anilines is 1. The molecular formula is C20H16F3N3O4. The van der Waals surface area contributed by atoms with Crippen LogP contribution in [0.1, 0.15) is 12.5 Å². The molecule has 0 saturated heterocycles. The monoisotopic (exact) mass is 419 g/mol. The number of carbonyl (C=O) groups excluding carboxylic acids is 2. The van der Waals surface area contributed by atoms with Crippen LogP contribution < -0.4 is 10.9 Å². The molecule has 30 heavy (non-hydrogen) atoms. The minimum Gasteiger partial charge on any atom is -0.451 e. The zero-order chi connectivity index (χ0) is 21.9. The Morgan fingerprint density at radius 1 is 1.13 bits per heavy atom. The van der Waals surface area contributed by atoms with Crippen molar-refractivity contribution in [3.05, 3.63) is 70.8 Å². The van der Waals surface area contributed by atoms with Gasteiger partial charge in [0.1, 0.15) is 6.54 Å². The lowest BCUT2D eigenvalue weighted by molar-refractivity contribution is -0.153. The predicted molar refractivity (Wildman–Crippen MR) is 102 cm³/mol. The van der Waals surface area contributed by atoms with E-state index in [2.05, 4.69) is 10.3 Å². The molecule has 1 unspecified atom stereocenters. The van der Waals surface area contributed by atoms with E-state index >= 15 is 0 Å². The highest BCUT2D eigenvalue weighted by molar-refractivity contribution is 5.95. The van der Waals surface area contributed by atoms with Gasteiger partial charge >= 0.3 is 12.1 Å². The van der Waals surface area contributed by atoms with E-state index in [1.54, 1.807) is 24.3 Å². The summed E-state index contributed by atoms with van der Waals surface area (Å²) >= 11 is 0. The largest absolute Gasteiger partial charge is 0.451 e. The molecule has 0 fully saturated rings. The van der Waals surface area contributed by atoms with Crippen molar-refractivity contribution < 1.29 is 27.5 Å².